The predicted molar refractivity (Wildman–Crippen MR) is 138 cm³/mol. The Hall–Kier alpha value is -2.32. The number of nitrogens with one attached hydrogen (secondary N) is 1. The van der Waals surface area contributed by atoms with Crippen LogP contribution in [0.1, 0.15) is 46.5 Å². The first-order valence-corrected chi connectivity index (χ1v) is 12.1. The van der Waals surface area contributed by atoms with Crippen molar-refractivity contribution in [1.82, 2.24) is 10.2 Å². The van der Waals surface area contributed by atoms with Gasteiger partial charge in [-0.3, -0.25) is 9.98 Å². The Kier molecular flexibility index (Phi) is 14.2. The van der Waals surface area contributed by atoms with Crippen molar-refractivity contribution in [2.24, 2.45) is 9.98 Å². The van der Waals surface area contributed by atoms with Crippen molar-refractivity contribution >= 4 is 33.4 Å². The normalized spacial score (nSPS) is 15.7. The molecule has 0 atom stereocenters. The minimum Gasteiger partial charge on any atom is -0.463 e. The summed E-state index contributed by atoms with van der Waals surface area (Å²) in [5.74, 6) is 0.503. The second-order valence-corrected chi connectivity index (χ2v) is 8.27. The Bertz CT molecular complexity index is 862. The fourth-order valence-corrected chi connectivity index (χ4v) is 3.54. The molecule has 0 unspecified atom stereocenters. The zero-order valence-corrected chi connectivity index (χ0v) is 21.9. The van der Waals surface area contributed by atoms with Crippen molar-refractivity contribution in [2.45, 2.75) is 46.5 Å². The van der Waals surface area contributed by atoms with Gasteiger partial charge in [0.25, 0.3) is 0 Å². The van der Waals surface area contributed by atoms with Crippen LogP contribution in [0.4, 0.5) is 4.39 Å². The molecule has 1 aromatic carbocycles. The lowest BCUT2D eigenvalue weighted by Crippen LogP contribution is -2.37. The monoisotopic (exact) mass is 522 g/mol. The Morgan fingerprint density at radius 2 is 1.97 bits per heavy atom. The number of rotatable bonds is 3. The fourth-order valence-electron chi connectivity index (χ4n) is 3.17. The fraction of sp³-hybridized carbons (Fsp3) is 0.480. The molecule has 0 aliphatic carbocycles. The second-order valence-electron chi connectivity index (χ2n) is 7.35. The number of hydrogen-bond acceptors (Lipinski definition) is 6. The third kappa shape index (κ3) is 9.60. The maximum atomic E-state index is 12.1. The summed E-state index contributed by atoms with van der Waals surface area (Å²) in [4.78, 5) is 23.0. The summed E-state index contributed by atoms with van der Waals surface area (Å²) >= 11 is 3.12. The number of benzene rings is 1. The predicted octanol–water partition coefficient (Wildman–Crippen LogP) is 5.51. The van der Waals surface area contributed by atoms with Gasteiger partial charge in [-0.1, -0.05) is 48.3 Å². The molecule has 1 N–H and O–H groups in total. The SMILES string of the molecule is CCC.CCOC(=O)C1=C2CCCN2C(C2=NC=CC2)=NC1.CNC.Fc1cccc(Br)c1. The Morgan fingerprint density at radius 1 is 1.27 bits per heavy atom. The summed E-state index contributed by atoms with van der Waals surface area (Å²) in [5, 5.41) is 2.75. The summed E-state index contributed by atoms with van der Waals surface area (Å²) in [6.45, 7) is 7.81. The van der Waals surface area contributed by atoms with Crippen molar-refractivity contribution in [3.8, 4) is 0 Å². The zero-order chi connectivity index (χ0) is 24.6. The highest BCUT2D eigenvalue weighted by Crippen LogP contribution is 2.30. The molecule has 4 rings (SSSR count). The molecule has 0 bridgehead atoms. The zero-order valence-electron chi connectivity index (χ0n) is 20.3. The van der Waals surface area contributed by atoms with Crippen molar-refractivity contribution in [3.63, 3.8) is 0 Å². The van der Waals surface area contributed by atoms with E-state index in [4.69, 9.17) is 4.74 Å². The highest BCUT2D eigenvalue weighted by atomic mass is 79.9. The van der Waals surface area contributed by atoms with Crippen LogP contribution < -0.4 is 5.32 Å². The number of fused-ring (bicyclic) bond motifs is 1. The average molecular weight is 523 g/mol. The van der Waals surface area contributed by atoms with E-state index in [0.717, 1.165) is 53.1 Å². The molecule has 0 amide bonds. The summed E-state index contributed by atoms with van der Waals surface area (Å²) < 4.78 is 18.0. The second kappa shape index (κ2) is 16.3. The number of hydrogen-bond donors (Lipinski definition) is 1. The standard InChI is InChI=1S/C14H17N3O2.C6H4BrF.C3H8.C2H7N/c1-2-19-14(18)10-9-16-13(11-5-3-7-15-11)17-8-4-6-12(10)17;7-5-2-1-3-6(8)4-5;2*1-3-2/h3,7H,2,4-6,8-9H2,1H3;1-4H;3H2,1-2H3;3H,1-2H3. The lowest BCUT2D eigenvalue weighted by atomic mass is 10.1. The molecular weight excluding hydrogens is 487 g/mol. The van der Waals surface area contributed by atoms with Crippen LogP contribution in [-0.4, -0.2) is 56.2 Å². The van der Waals surface area contributed by atoms with Gasteiger partial charge in [-0.25, -0.2) is 9.18 Å². The lowest BCUT2D eigenvalue weighted by molar-refractivity contribution is -0.138. The highest BCUT2D eigenvalue weighted by molar-refractivity contribution is 9.10. The first kappa shape index (κ1) is 28.7. The molecule has 33 heavy (non-hydrogen) atoms. The van der Waals surface area contributed by atoms with E-state index in [-0.39, 0.29) is 11.8 Å². The van der Waals surface area contributed by atoms with Crippen molar-refractivity contribution in [3.05, 3.63) is 58.1 Å². The molecule has 0 aromatic heterocycles. The molecule has 6 nitrogen and oxygen atoms in total. The van der Waals surface area contributed by atoms with Crippen LogP contribution in [0.25, 0.3) is 0 Å². The summed E-state index contributed by atoms with van der Waals surface area (Å²) in [7, 11) is 3.75. The summed E-state index contributed by atoms with van der Waals surface area (Å²) in [6.07, 6.45) is 7.90. The van der Waals surface area contributed by atoms with Crippen LogP contribution in [-0.2, 0) is 9.53 Å². The molecule has 3 aliphatic heterocycles. The molecule has 3 aliphatic rings. The van der Waals surface area contributed by atoms with Gasteiger partial charge in [0.05, 0.1) is 24.4 Å². The number of esters is 1. The Morgan fingerprint density at radius 3 is 2.48 bits per heavy atom. The molecule has 1 aromatic rings. The van der Waals surface area contributed by atoms with E-state index in [1.165, 1.54) is 18.6 Å². The first-order chi connectivity index (χ1) is 15.9. The minimum absolute atomic E-state index is 0.209. The number of carbonyl (C=O) groups excluding carboxylic acids is 1. The van der Waals surface area contributed by atoms with E-state index in [2.05, 4.69) is 50.0 Å². The topological polar surface area (TPSA) is 66.3 Å². The van der Waals surface area contributed by atoms with Crippen LogP contribution in [0.15, 0.2) is 62.3 Å². The van der Waals surface area contributed by atoms with E-state index in [1.807, 2.05) is 33.3 Å². The van der Waals surface area contributed by atoms with E-state index < -0.39 is 0 Å². The number of carbonyl (C=O) groups is 1. The van der Waals surface area contributed by atoms with Gasteiger partial charge in [-0.2, -0.15) is 0 Å². The van der Waals surface area contributed by atoms with Gasteiger partial charge in [0.15, 0.2) is 5.84 Å². The average Bonchev–Trinajstić information content (AvgIpc) is 3.47. The third-order valence-corrected chi connectivity index (χ3v) is 4.82. The molecule has 0 spiro atoms. The smallest absolute Gasteiger partial charge is 0.337 e. The van der Waals surface area contributed by atoms with E-state index in [1.54, 1.807) is 12.1 Å². The molecule has 0 radical (unpaired) electrons. The number of nitrogens with zero attached hydrogens (tertiary/aromatic N) is 3. The lowest BCUT2D eigenvalue weighted by Gasteiger charge is -2.28. The first-order valence-electron chi connectivity index (χ1n) is 11.4. The van der Waals surface area contributed by atoms with Crippen LogP contribution >= 0.6 is 15.9 Å². The summed E-state index contributed by atoms with van der Waals surface area (Å²) in [6, 6.07) is 6.26. The molecule has 182 valence electrons. The summed E-state index contributed by atoms with van der Waals surface area (Å²) in [5.41, 5.74) is 2.80. The van der Waals surface area contributed by atoms with E-state index >= 15 is 0 Å². The van der Waals surface area contributed by atoms with Gasteiger partial charge in [-0.05, 0) is 52.1 Å². The number of halogens is 2. The van der Waals surface area contributed by atoms with Gasteiger partial charge < -0.3 is 15.0 Å². The maximum Gasteiger partial charge on any atom is 0.337 e. The van der Waals surface area contributed by atoms with Gasteiger partial charge in [0, 0.05) is 29.3 Å². The van der Waals surface area contributed by atoms with E-state index in [9.17, 15) is 9.18 Å². The van der Waals surface area contributed by atoms with Gasteiger partial charge >= 0.3 is 5.97 Å². The highest BCUT2D eigenvalue weighted by Gasteiger charge is 2.33. The van der Waals surface area contributed by atoms with E-state index in [0.29, 0.717) is 13.2 Å². The molecule has 8 heteroatoms. The van der Waals surface area contributed by atoms with Crippen LogP contribution in [0, 0.1) is 5.82 Å². The molecule has 1 fully saturated rings. The molecule has 1 saturated heterocycles. The van der Waals surface area contributed by atoms with Crippen molar-refractivity contribution in [2.75, 3.05) is 33.8 Å². The van der Waals surface area contributed by atoms with Gasteiger partial charge in [-0.15, -0.1) is 0 Å². The third-order valence-electron chi connectivity index (χ3n) is 4.33. The van der Waals surface area contributed by atoms with Gasteiger partial charge in [0.1, 0.15) is 5.82 Å². The number of amidine groups is 1. The van der Waals surface area contributed by atoms with Crippen LogP contribution in [0.3, 0.4) is 0 Å². The Labute approximate surface area is 205 Å². The number of allylic oxidation sites excluding steroid dienone is 2. The molecule has 0 saturated carbocycles. The molecular formula is C25H36BrFN4O2. The molecule has 3 heterocycles. The minimum atomic E-state index is -0.223. The van der Waals surface area contributed by atoms with Crippen LogP contribution in [0.5, 0.6) is 0 Å². The maximum absolute atomic E-state index is 12.1. The van der Waals surface area contributed by atoms with Crippen LogP contribution in [0.2, 0.25) is 0 Å². The van der Waals surface area contributed by atoms with Crippen molar-refractivity contribution < 1.29 is 13.9 Å². The largest absolute Gasteiger partial charge is 0.463 e. The van der Waals surface area contributed by atoms with Crippen molar-refractivity contribution in [1.29, 1.82) is 0 Å². The quantitative estimate of drug-likeness (QED) is 0.531. The number of aliphatic imine (C=N–C) groups is 2. The number of ether oxygens (including phenoxy) is 1. The van der Waals surface area contributed by atoms with Gasteiger partial charge in [0.2, 0.25) is 0 Å². The Balaban J connectivity index is 0.000000322.